The van der Waals surface area contributed by atoms with Crippen LogP contribution in [-0.2, 0) is 37.3 Å². The molecular weight excluding hydrogens is 1210 g/mol. The molecule has 0 spiro atoms. The van der Waals surface area contributed by atoms with Gasteiger partial charge in [0.05, 0.1) is 24.8 Å². The maximum absolute atomic E-state index is 9.24. The van der Waals surface area contributed by atoms with E-state index >= 15 is 0 Å². The Balaban J connectivity index is 0.00000848. The van der Waals surface area contributed by atoms with Crippen molar-refractivity contribution in [3.8, 4) is 73.7 Å². The third-order valence-corrected chi connectivity index (χ3v) is 15.0. The van der Waals surface area contributed by atoms with E-state index in [9.17, 15) is 5.48 Å². The Morgan fingerprint density at radius 3 is 1.58 bits per heavy atom. The number of ether oxygens (including phenoxy) is 1. The van der Waals surface area contributed by atoms with Gasteiger partial charge >= 0.3 is 27.1 Å². The molecule has 412 valence electrons. The van der Waals surface area contributed by atoms with E-state index in [1.54, 1.807) is 33.5 Å². The van der Waals surface area contributed by atoms with Crippen molar-refractivity contribution in [3.05, 3.63) is 247 Å². The van der Waals surface area contributed by atoms with Crippen LogP contribution in [-0.4, -0.2) is 30.5 Å². The summed E-state index contributed by atoms with van der Waals surface area (Å²) < 4.78 is 102. The van der Waals surface area contributed by atoms with Crippen molar-refractivity contribution < 1.29 is 39.5 Å². The molecular formula is C75H63N7OPt+2. The number of fused-ring (bicyclic) bond motifs is 4. The Kier molecular flexibility index (Phi) is 11.5. The maximum Gasteiger partial charge on any atom is 2.00 e. The fraction of sp³-hybridized carbons (Fsp3) is 0.160. The fourth-order valence-corrected chi connectivity index (χ4v) is 10.5. The first-order valence-electron chi connectivity index (χ1n) is 32.6. The molecule has 12 aromatic rings. The smallest absolute Gasteiger partial charge is 0.508 e. The van der Waals surface area contributed by atoms with Crippen LogP contribution in [0.15, 0.2) is 218 Å². The molecule has 1 aliphatic heterocycles. The molecule has 0 N–H and O–H groups in total. The van der Waals surface area contributed by atoms with Crippen molar-refractivity contribution in [1.29, 1.82) is 0 Å². The summed E-state index contributed by atoms with van der Waals surface area (Å²) in [7, 11) is 0. The van der Waals surface area contributed by atoms with Gasteiger partial charge in [-0.1, -0.05) is 236 Å². The summed E-state index contributed by atoms with van der Waals surface area (Å²) in [6, 6.07) is 54.0. The molecule has 0 aliphatic carbocycles. The molecule has 0 bridgehead atoms. The molecule has 0 saturated carbocycles. The van der Waals surface area contributed by atoms with Crippen molar-refractivity contribution >= 4 is 50.6 Å². The fourth-order valence-electron chi connectivity index (χ4n) is 10.5. The molecule has 4 heterocycles. The topological polar surface area (TPSA) is 71.7 Å². The number of nitrogens with zero attached hydrogens (tertiary/aromatic N) is 7. The van der Waals surface area contributed by atoms with Crippen LogP contribution in [0.3, 0.4) is 0 Å². The van der Waals surface area contributed by atoms with Gasteiger partial charge in [0.15, 0.2) is 11.6 Å². The third kappa shape index (κ3) is 10.5. The van der Waals surface area contributed by atoms with E-state index in [0.29, 0.717) is 51.4 Å². The number of para-hydroxylation sites is 4. The molecule has 0 fully saturated rings. The standard InChI is InChI=1S/C75H63N7O.Pt/c1-73(2,3)53-38-34-51(35-39-53)70-77-71(52-36-40-54(41-37-52)74(4,5)6)79-72(78-70)62-46-61-60-27-16-17-30-63(60)82(68-33-20-21-42-76-68)66(61)47-67(62)83-57-44-55(75(7,8)9)43-56(45-57)80-48-81(65-32-19-18-31-64(65)80)69-58(49-23-12-10-13-24-49)28-22-29-59(69)50-25-14-11-15-26-50;/h10-44,46H,1-9H3;/q;+2/i10D,11D,12D,13D,14D,15D,23D,24D,25D,26D;. The zero-order valence-electron chi connectivity index (χ0n) is 57.9. The predicted molar refractivity (Wildman–Crippen MR) is 340 cm³/mol. The molecule has 8 nitrogen and oxygen atoms in total. The SMILES string of the molecule is [2H]c1c([2H])c([2H])c(-c2cccc(-c3c([2H])c([2H])c([2H])c([2H])c3[2H])c2[N+]2=C=[N+](c3[c-]c(Oc4[c-]c5c(cc4-c4nc(-c6ccc(C(C)(C)C)cc6)nc(-c6ccc(C(C)(C)C)cc6)n4)c4ccccc4n5-c4ccccn4)cc(C(C)(C)C)c3)c3ccccc32)c([2H])c1[2H].[Pt+2]. The maximum atomic E-state index is 9.24. The van der Waals surface area contributed by atoms with Crippen LogP contribution in [0.1, 0.15) is 92.7 Å². The molecule has 0 amide bonds. The molecule has 9 heteroatoms. The van der Waals surface area contributed by atoms with Crippen molar-refractivity contribution in [2.45, 2.75) is 78.6 Å². The van der Waals surface area contributed by atoms with Gasteiger partial charge < -0.3 is 9.30 Å². The summed E-state index contributed by atoms with van der Waals surface area (Å²) in [6.07, 6.45) is 1.75. The minimum Gasteiger partial charge on any atom is -0.508 e. The Hall–Kier alpha value is -9.19. The van der Waals surface area contributed by atoms with Gasteiger partial charge in [-0.2, -0.15) is 0 Å². The third-order valence-electron chi connectivity index (χ3n) is 15.0. The molecule has 1 aliphatic rings. The predicted octanol–water partition coefficient (Wildman–Crippen LogP) is 18.8. The van der Waals surface area contributed by atoms with E-state index in [2.05, 4.69) is 115 Å². The Morgan fingerprint density at radius 2 is 1.02 bits per heavy atom. The van der Waals surface area contributed by atoms with Crippen molar-refractivity contribution in [2.75, 3.05) is 0 Å². The van der Waals surface area contributed by atoms with E-state index in [1.807, 2.05) is 103 Å². The Labute approximate surface area is 520 Å². The van der Waals surface area contributed by atoms with E-state index in [0.717, 1.165) is 44.1 Å². The van der Waals surface area contributed by atoms with Crippen LogP contribution in [0.5, 0.6) is 11.5 Å². The van der Waals surface area contributed by atoms with Crippen LogP contribution in [0.25, 0.3) is 84.0 Å². The number of rotatable bonds is 10. The van der Waals surface area contributed by atoms with E-state index in [1.165, 1.54) is 0 Å². The van der Waals surface area contributed by atoms with Crippen molar-refractivity contribution in [2.24, 2.45) is 0 Å². The molecule has 9 aromatic carbocycles. The van der Waals surface area contributed by atoms with Crippen LogP contribution < -0.4 is 13.9 Å². The second kappa shape index (κ2) is 21.9. The summed E-state index contributed by atoms with van der Waals surface area (Å²) in [5.74, 6) is 2.42. The molecule has 0 atom stereocenters. The van der Waals surface area contributed by atoms with Gasteiger partial charge in [-0.25, -0.2) is 19.9 Å². The zero-order valence-corrected chi connectivity index (χ0v) is 50.1. The average Bonchev–Trinajstić information content (AvgIpc) is 1.30. The Morgan fingerprint density at radius 1 is 0.488 bits per heavy atom. The number of hydrogen-bond donors (Lipinski definition) is 0. The average molecular weight is 1280 g/mol. The van der Waals surface area contributed by atoms with Gasteiger partial charge in [-0.15, -0.1) is 29.1 Å². The van der Waals surface area contributed by atoms with Crippen LogP contribution >= 0.6 is 0 Å². The minimum absolute atomic E-state index is 0. The molecule has 0 radical (unpaired) electrons. The quantitative estimate of drug-likeness (QED) is 0.101. The minimum atomic E-state index is -0.591. The monoisotopic (exact) mass is 1280 g/mol. The number of aromatic nitrogens is 5. The summed E-state index contributed by atoms with van der Waals surface area (Å²) in [5, 5.41) is 1.77. The van der Waals surface area contributed by atoms with Crippen LogP contribution in [0, 0.1) is 12.1 Å². The first kappa shape index (κ1) is 44.4. The number of hydrogen-bond acceptors (Lipinski definition) is 5. The summed E-state index contributed by atoms with van der Waals surface area (Å²) >= 11 is 0. The van der Waals surface area contributed by atoms with Crippen LogP contribution in [0.4, 0.5) is 22.7 Å². The normalized spacial score (nSPS) is 14.1. The first-order chi connectivity index (χ1) is 44.2. The van der Waals surface area contributed by atoms with Crippen LogP contribution in [0.2, 0.25) is 0 Å². The van der Waals surface area contributed by atoms with E-state index < -0.39 is 65.8 Å². The van der Waals surface area contributed by atoms with Gasteiger partial charge in [-0.3, -0.25) is 0 Å². The first-order valence-corrected chi connectivity index (χ1v) is 27.6. The number of pyridine rings is 1. The van der Waals surface area contributed by atoms with E-state index in [4.69, 9.17) is 32.9 Å². The largest absolute Gasteiger partial charge is 2.00 e. The number of benzene rings is 9. The molecule has 3 aromatic heterocycles. The van der Waals surface area contributed by atoms with Gasteiger partial charge in [0.2, 0.25) is 5.69 Å². The summed E-state index contributed by atoms with van der Waals surface area (Å²) in [5.41, 5.74) is 7.60. The summed E-state index contributed by atoms with van der Waals surface area (Å²) in [6.45, 7) is 19.3. The second-order valence-corrected chi connectivity index (χ2v) is 23.7. The molecule has 84 heavy (non-hydrogen) atoms. The van der Waals surface area contributed by atoms with Crippen molar-refractivity contribution in [1.82, 2.24) is 33.7 Å². The van der Waals surface area contributed by atoms with Crippen molar-refractivity contribution in [3.63, 3.8) is 0 Å². The molecule has 0 unspecified atom stereocenters. The second-order valence-electron chi connectivity index (χ2n) is 23.7. The van der Waals surface area contributed by atoms with Gasteiger partial charge in [0.25, 0.3) is 11.4 Å². The van der Waals surface area contributed by atoms with Gasteiger partial charge in [-0.05, 0) is 84.4 Å². The summed E-state index contributed by atoms with van der Waals surface area (Å²) in [4.78, 5) is 20.7. The van der Waals surface area contributed by atoms with E-state index in [-0.39, 0.29) is 71.3 Å². The van der Waals surface area contributed by atoms with Gasteiger partial charge in [0.1, 0.15) is 17.3 Å². The Bertz CT molecular complexity index is 4940. The molecule has 0 saturated heterocycles. The van der Waals surface area contributed by atoms with Gasteiger partial charge in [0, 0.05) is 46.5 Å². The zero-order chi connectivity index (χ0) is 65.9. The molecule has 13 rings (SSSR count).